The summed E-state index contributed by atoms with van der Waals surface area (Å²) < 4.78 is 0. The van der Waals surface area contributed by atoms with Crippen LogP contribution in [-0.4, -0.2) is 5.04 Å². The summed E-state index contributed by atoms with van der Waals surface area (Å²) in [4.78, 5) is 0.972. The number of hydrogen-bond acceptors (Lipinski definition) is 2. The molecule has 0 aliphatic heterocycles. The first-order chi connectivity index (χ1) is 6.60. The average molecular weight is 211 g/mol. The van der Waals surface area contributed by atoms with Gasteiger partial charge in [0.2, 0.25) is 0 Å². The second-order valence-corrected chi connectivity index (χ2v) is 4.74. The lowest BCUT2D eigenvalue weighted by molar-refractivity contribution is 0.589. The molecule has 0 saturated heterocycles. The lowest BCUT2D eigenvalue weighted by Gasteiger charge is -2.08. The molecule has 0 amide bonds. The smallest absolute Gasteiger partial charge is 0.0691 e. The molecular weight excluding hydrogens is 190 g/mol. The van der Waals surface area contributed by atoms with Gasteiger partial charge in [-0.15, -0.1) is 0 Å². The van der Waals surface area contributed by atoms with Crippen LogP contribution in [0.5, 0.6) is 0 Å². The standard InChI is InChI=1S/C12H21NS/c1-5-7-8-11(4)14-12(13)9-10(3)6-2/h7-8,10,13H,4-6,9H2,1-3H3/b8-7-,13-12?. The van der Waals surface area contributed by atoms with Gasteiger partial charge in [0.1, 0.15) is 0 Å². The van der Waals surface area contributed by atoms with Crippen LogP contribution in [0.25, 0.3) is 0 Å². The lowest BCUT2D eigenvalue weighted by Crippen LogP contribution is -1.99. The van der Waals surface area contributed by atoms with E-state index in [1.165, 1.54) is 11.8 Å². The van der Waals surface area contributed by atoms with Gasteiger partial charge < -0.3 is 0 Å². The van der Waals surface area contributed by atoms with Gasteiger partial charge in [-0.05, 0) is 18.8 Å². The van der Waals surface area contributed by atoms with E-state index in [4.69, 9.17) is 5.41 Å². The van der Waals surface area contributed by atoms with E-state index in [9.17, 15) is 0 Å². The third-order valence-electron chi connectivity index (χ3n) is 2.02. The molecule has 14 heavy (non-hydrogen) atoms. The van der Waals surface area contributed by atoms with Crippen molar-refractivity contribution in [2.45, 2.75) is 40.0 Å². The van der Waals surface area contributed by atoms with Crippen LogP contribution in [-0.2, 0) is 0 Å². The fourth-order valence-electron chi connectivity index (χ4n) is 0.944. The van der Waals surface area contributed by atoms with E-state index in [1.54, 1.807) is 0 Å². The highest BCUT2D eigenvalue weighted by Gasteiger charge is 2.04. The molecular formula is C12H21NS. The van der Waals surface area contributed by atoms with E-state index in [0.717, 1.165) is 29.2 Å². The highest BCUT2D eigenvalue weighted by molar-refractivity contribution is 8.17. The molecule has 0 radical (unpaired) electrons. The largest absolute Gasteiger partial charge is 0.298 e. The van der Waals surface area contributed by atoms with Gasteiger partial charge in [-0.25, -0.2) is 0 Å². The van der Waals surface area contributed by atoms with Crippen LogP contribution in [0.4, 0.5) is 0 Å². The Morgan fingerprint density at radius 3 is 2.64 bits per heavy atom. The van der Waals surface area contributed by atoms with E-state index in [1.807, 2.05) is 6.08 Å². The summed E-state index contributed by atoms with van der Waals surface area (Å²) >= 11 is 1.49. The summed E-state index contributed by atoms with van der Waals surface area (Å²) in [6.07, 6.45) is 7.11. The van der Waals surface area contributed by atoms with Crippen LogP contribution >= 0.6 is 11.8 Å². The van der Waals surface area contributed by atoms with E-state index in [2.05, 4.69) is 33.4 Å². The van der Waals surface area contributed by atoms with Crippen molar-refractivity contribution < 1.29 is 0 Å². The molecule has 0 bridgehead atoms. The monoisotopic (exact) mass is 211 g/mol. The Bertz CT molecular complexity index is 218. The van der Waals surface area contributed by atoms with E-state index in [-0.39, 0.29) is 0 Å². The predicted molar refractivity (Wildman–Crippen MR) is 68.0 cm³/mol. The van der Waals surface area contributed by atoms with Crippen molar-refractivity contribution in [2.75, 3.05) is 0 Å². The number of rotatable bonds is 6. The number of thioether (sulfide) groups is 1. The van der Waals surface area contributed by atoms with Gasteiger partial charge in [0.05, 0.1) is 5.04 Å². The molecule has 0 spiro atoms. The third-order valence-corrected chi connectivity index (χ3v) is 2.84. The summed E-state index contributed by atoms with van der Waals surface area (Å²) in [5, 5.41) is 8.48. The van der Waals surface area contributed by atoms with Crippen LogP contribution in [0, 0.1) is 11.3 Å². The Labute approximate surface area is 92.2 Å². The van der Waals surface area contributed by atoms with Crippen molar-refractivity contribution in [3.8, 4) is 0 Å². The molecule has 1 nitrogen and oxygen atoms in total. The summed E-state index contributed by atoms with van der Waals surface area (Å²) in [7, 11) is 0. The first kappa shape index (κ1) is 13.5. The Morgan fingerprint density at radius 1 is 1.50 bits per heavy atom. The Hall–Kier alpha value is -0.500. The maximum absolute atomic E-state index is 7.76. The minimum Gasteiger partial charge on any atom is -0.298 e. The second kappa shape index (κ2) is 7.86. The fraction of sp³-hybridized carbons (Fsp3) is 0.583. The maximum atomic E-state index is 7.76. The topological polar surface area (TPSA) is 23.9 Å². The number of allylic oxidation sites excluding steroid dienone is 2. The molecule has 0 aliphatic rings. The summed E-state index contributed by atoms with van der Waals surface area (Å²) in [6.45, 7) is 10.3. The van der Waals surface area contributed by atoms with Crippen molar-refractivity contribution in [3.63, 3.8) is 0 Å². The number of nitrogens with one attached hydrogen (secondary N) is 1. The zero-order valence-electron chi connectivity index (χ0n) is 9.47. The molecule has 0 aliphatic carbocycles. The summed E-state index contributed by atoms with van der Waals surface area (Å²) in [6, 6.07) is 0. The zero-order chi connectivity index (χ0) is 11.0. The number of hydrogen-bond donors (Lipinski definition) is 1. The van der Waals surface area contributed by atoms with Crippen LogP contribution in [0.2, 0.25) is 0 Å². The Balaban J connectivity index is 3.82. The van der Waals surface area contributed by atoms with Crippen molar-refractivity contribution in [1.29, 1.82) is 5.41 Å². The minimum atomic E-state index is 0.609. The van der Waals surface area contributed by atoms with Gasteiger partial charge >= 0.3 is 0 Å². The van der Waals surface area contributed by atoms with Crippen LogP contribution in [0.3, 0.4) is 0 Å². The summed E-state index contributed by atoms with van der Waals surface area (Å²) in [5.41, 5.74) is 0. The first-order valence-electron chi connectivity index (χ1n) is 5.20. The SMILES string of the molecule is C=C(/C=C\CC)SC(=N)CC(C)CC. The zero-order valence-corrected chi connectivity index (χ0v) is 10.3. The van der Waals surface area contributed by atoms with Crippen LogP contribution < -0.4 is 0 Å². The molecule has 1 atom stereocenters. The van der Waals surface area contributed by atoms with Gasteiger partial charge in [0.25, 0.3) is 0 Å². The van der Waals surface area contributed by atoms with Gasteiger partial charge in [-0.1, -0.05) is 57.7 Å². The maximum Gasteiger partial charge on any atom is 0.0691 e. The van der Waals surface area contributed by atoms with Gasteiger partial charge in [0.15, 0.2) is 0 Å². The molecule has 0 heterocycles. The van der Waals surface area contributed by atoms with Crippen molar-refractivity contribution in [2.24, 2.45) is 5.92 Å². The highest BCUT2D eigenvalue weighted by atomic mass is 32.2. The Kier molecular flexibility index (Phi) is 7.58. The third kappa shape index (κ3) is 6.96. The first-order valence-corrected chi connectivity index (χ1v) is 6.02. The molecule has 0 rings (SSSR count). The molecule has 0 fully saturated rings. The predicted octanol–water partition coefficient (Wildman–Crippen LogP) is 4.61. The molecule has 0 aromatic rings. The Morgan fingerprint density at radius 2 is 2.14 bits per heavy atom. The highest BCUT2D eigenvalue weighted by Crippen LogP contribution is 2.21. The van der Waals surface area contributed by atoms with Gasteiger partial charge in [-0.2, -0.15) is 0 Å². The molecule has 80 valence electrons. The lowest BCUT2D eigenvalue weighted by atomic mass is 10.1. The second-order valence-electron chi connectivity index (χ2n) is 3.52. The van der Waals surface area contributed by atoms with E-state index >= 15 is 0 Å². The minimum absolute atomic E-state index is 0.609. The van der Waals surface area contributed by atoms with Crippen molar-refractivity contribution in [3.05, 3.63) is 23.6 Å². The van der Waals surface area contributed by atoms with Gasteiger partial charge in [0, 0.05) is 4.91 Å². The molecule has 1 unspecified atom stereocenters. The molecule has 2 heteroatoms. The normalized spacial score (nSPS) is 13.1. The van der Waals surface area contributed by atoms with Gasteiger partial charge in [-0.3, -0.25) is 5.41 Å². The fourth-order valence-corrected chi connectivity index (χ4v) is 1.79. The van der Waals surface area contributed by atoms with Crippen LogP contribution in [0.15, 0.2) is 23.6 Å². The van der Waals surface area contributed by atoms with Crippen LogP contribution in [0.1, 0.15) is 40.0 Å². The molecule has 1 N–H and O–H groups in total. The van der Waals surface area contributed by atoms with E-state index in [0.29, 0.717) is 5.92 Å². The average Bonchev–Trinajstić information content (AvgIpc) is 2.14. The van der Waals surface area contributed by atoms with Crippen molar-refractivity contribution >= 4 is 16.8 Å². The quantitative estimate of drug-likeness (QED) is 0.387. The molecule has 0 aromatic heterocycles. The molecule has 0 saturated carbocycles. The van der Waals surface area contributed by atoms with E-state index < -0.39 is 0 Å². The summed E-state index contributed by atoms with van der Waals surface area (Å²) in [5.74, 6) is 0.609. The molecule has 0 aromatic carbocycles. The van der Waals surface area contributed by atoms with Crippen molar-refractivity contribution in [1.82, 2.24) is 0 Å².